The summed E-state index contributed by atoms with van der Waals surface area (Å²) in [7, 11) is 0. The molecule has 110 valence electrons. The van der Waals surface area contributed by atoms with E-state index in [9.17, 15) is 4.79 Å². The highest BCUT2D eigenvalue weighted by molar-refractivity contribution is 5.80. The molecule has 1 saturated carbocycles. The van der Waals surface area contributed by atoms with Crippen molar-refractivity contribution in [2.75, 3.05) is 0 Å². The van der Waals surface area contributed by atoms with Gasteiger partial charge in [-0.05, 0) is 50.4 Å². The van der Waals surface area contributed by atoms with Crippen molar-refractivity contribution in [3.63, 3.8) is 0 Å². The quantitative estimate of drug-likeness (QED) is 0.446. The summed E-state index contributed by atoms with van der Waals surface area (Å²) in [6.07, 6.45) is 10.1. The van der Waals surface area contributed by atoms with Crippen LogP contribution in [0.1, 0.15) is 40.0 Å². The number of carboxylic acids is 1. The molecular formula is C18H26O2. The molecule has 3 atom stereocenters. The highest BCUT2D eigenvalue weighted by Crippen LogP contribution is 2.48. The van der Waals surface area contributed by atoms with Crippen molar-refractivity contribution in [3.05, 3.63) is 48.6 Å². The molecule has 0 saturated heterocycles. The lowest BCUT2D eigenvalue weighted by Gasteiger charge is -2.43. The van der Waals surface area contributed by atoms with Crippen LogP contribution in [-0.4, -0.2) is 11.1 Å². The molecule has 1 aliphatic carbocycles. The van der Waals surface area contributed by atoms with E-state index in [0.717, 1.165) is 19.3 Å². The molecule has 1 fully saturated rings. The van der Waals surface area contributed by atoms with Crippen LogP contribution in [0.4, 0.5) is 0 Å². The van der Waals surface area contributed by atoms with Crippen molar-refractivity contribution >= 4 is 5.97 Å². The monoisotopic (exact) mass is 274 g/mol. The molecule has 2 heteroatoms. The van der Waals surface area contributed by atoms with Gasteiger partial charge in [-0.1, -0.05) is 42.9 Å². The van der Waals surface area contributed by atoms with E-state index in [0.29, 0.717) is 11.8 Å². The molecule has 1 aliphatic rings. The maximum Gasteiger partial charge on any atom is 0.328 e. The zero-order chi connectivity index (χ0) is 15.3. The summed E-state index contributed by atoms with van der Waals surface area (Å²) in [5.74, 6) is 0.0467. The number of rotatable bonds is 5. The van der Waals surface area contributed by atoms with Crippen molar-refractivity contribution in [1.82, 2.24) is 0 Å². The minimum atomic E-state index is -0.906. The molecule has 1 rings (SSSR count). The van der Waals surface area contributed by atoms with Gasteiger partial charge in [0.05, 0.1) is 0 Å². The lowest BCUT2D eigenvalue weighted by atomic mass is 9.61. The Kier molecular flexibility index (Phi) is 5.55. The average Bonchev–Trinajstić information content (AvgIpc) is 2.38. The second kappa shape index (κ2) is 6.74. The normalized spacial score (nSPS) is 31.2. The Hall–Kier alpha value is -1.57. The van der Waals surface area contributed by atoms with Gasteiger partial charge in [0.15, 0.2) is 0 Å². The Labute approximate surface area is 122 Å². The lowest BCUT2D eigenvalue weighted by Crippen LogP contribution is -2.33. The molecule has 20 heavy (non-hydrogen) atoms. The third kappa shape index (κ3) is 3.96. The summed E-state index contributed by atoms with van der Waals surface area (Å²) in [4.78, 5) is 10.5. The Morgan fingerprint density at radius 3 is 2.55 bits per heavy atom. The zero-order valence-electron chi connectivity index (χ0n) is 12.9. The summed E-state index contributed by atoms with van der Waals surface area (Å²) in [5.41, 5.74) is 2.60. The number of allylic oxidation sites excluding steroid dienone is 5. The molecule has 0 aromatic heterocycles. The predicted molar refractivity (Wildman–Crippen MR) is 84.5 cm³/mol. The van der Waals surface area contributed by atoms with E-state index in [1.807, 2.05) is 6.08 Å². The summed E-state index contributed by atoms with van der Waals surface area (Å²) in [5, 5.41) is 8.61. The summed E-state index contributed by atoms with van der Waals surface area (Å²) >= 11 is 0. The molecule has 0 aromatic rings. The van der Waals surface area contributed by atoms with Gasteiger partial charge in [0.25, 0.3) is 0 Å². The predicted octanol–water partition coefficient (Wildman–Crippen LogP) is 4.76. The van der Waals surface area contributed by atoms with Crippen LogP contribution in [0.25, 0.3) is 0 Å². The Balaban J connectivity index is 2.84. The standard InChI is InChI=1S/C18H26O2/c1-6-18(5)11-10-15(12-16(18)13(2)3)14(4)8-7-9-17(19)20/h6-9,15-16H,1-2,10-12H2,3-5H3,(H,19,20)/t15?,16-,18+/m1/s1. The van der Waals surface area contributed by atoms with E-state index < -0.39 is 5.97 Å². The first-order valence-corrected chi connectivity index (χ1v) is 7.17. The largest absolute Gasteiger partial charge is 0.478 e. The van der Waals surface area contributed by atoms with Crippen LogP contribution in [0.15, 0.2) is 48.6 Å². The third-order valence-corrected chi connectivity index (χ3v) is 4.65. The zero-order valence-corrected chi connectivity index (χ0v) is 12.9. The number of carbonyl (C=O) groups is 1. The minimum Gasteiger partial charge on any atom is -0.478 e. The van der Waals surface area contributed by atoms with Crippen molar-refractivity contribution < 1.29 is 9.90 Å². The van der Waals surface area contributed by atoms with Crippen molar-refractivity contribution in [2.45, 2.75) is 40.0 Å². The molecule has 0 spiro atoms. The van der Waals surface area contributed by atoms with E-state index in [2.05, 4.69) is 40.0 Å². The van der Waals surface area contributed by atoms with Crippen LogP contribution in [0.3, 0.4) is 0 Å². The van der Waals surface area contributed by atoms with Crippen molar-refractivity contribution in [2.24, 2.45) is 17.3 Å². The number of hydrogen-bond donors (Lipinski definition) is 1. The van der Waals surface area contributed by atoms with Crippen LogP contribution in [0.2, 0.25) is 0 Å². The van der Waals surface area contributed by atoms with Gasteiger partial charge < -0.3 is 5.11 Å². The van der Waals surface area contributed by atoms with Gasteiger partial charge in [0, 0.05) is 6.08 Å². The maximum atomic E-state index is 10.5. The molecule has 2 nitrogen and oxygen atoms in total. The molecular weight excluding hydrogens is 248 g/mol. The fourth-order valence-corrected chi connectivity index (χ4v) is 3.17. The summed E-state index contributed by atoms with van der Waals surface area (Å²) in [6, 6.07) is 0. The van der Waals surface area contributed by atoms with E-state index >= 15 is 0 Å². The number of aliphatic carboxylic acids is 1. The highest BCUT2D eigenvalue weighted by atomic mass is 16.4. The lowest BCUT2D eigenvalue weighted by molar-refractivity contribution is -0.131. The second-order valence-corrected chi connectivity index (χ2v) is 6.19. The minimum absolute atomic E-state index is 0.138. The number of carboxylic acid groups (broad SMARTS) is 1. The second-order valence-electron chi connectivity index (χ2n) is 6.19. The fourth-order valence-electron chi connectivity index (χ4n) is 3.17. The Bertz CT molecular complexity index is 456. The Morgan fingerprint density at radius 2 is 2.05 bits per heavy atom. The number of hydrogen-bond acceptors (Lipinski definition) is 1. The van der Waals surface area contributed by atoms with Crippen molar-refractivity contribution in [3.8, 4) is 0 Å². The average molecular weight is 274 g/mol. The topological polar surface area (TPSA) is 37.3 Å². The third-order valence-electron chi connectivity index (χ3n) is 4.65. The molecule has 1 unspecified atom stereocenters. The van der Waals surface area contributed by atoms with E-state index in [4.69, 9.17) is 5.11 Å². The van der Waals surface area contributed by atoms with Crippen molar-refractivity contribution in [1.29, 1.82) is 0 Å². The van der Waals surface area contributed by atoms with E-state index in [-0.39, 0.29) is 5.41 Å². The van der Waals surface area contributed by atoms with Gasteiger partial charge in [-0.2, -0.15) is 0 Å². The summed E-state index contributed by atoms with van der Waals surface area (Å²) < 4.78 is 0. The van der Waals surface area contributed by atoms with Crippen LogP contribution < -0.4 is 0 Å². The smallest absolute Gasteiger partial charge is 0.328 e. The first-order chi connectivity index (χ1) is 9.30. The van der Waals surface area contributed by atoms with Gasteiger partial charge in [0.1, 0.15) is 0 Å². The first-order valence-electron chi connectivity index (χ1n) is 7.17. The molecule has 0 radical (unpaired) electrons. The molecule has 0 aromatic carbocycles. The van der Waals surface area contributed by atoms with Gasteiger partial charge >= 0.3 is 5.97 Å². The SMILES string of the molecule is C=C[C@@]1(C)CCC(C(C)=CC=CC(=O)O)C[C@@H]1C(=C)C. The van der Waals surface area contributed by atoms with E-state index in [1.54, 1.807) is 6.08 Å². The van der Waals surface area contributed by atoms with Crippen LogP contribution in [0.5, 0.6) is 0 Å². The molecule has 0 amide bonds. The molecule has 0 aliphatic heterocycles. The first kappa shape index (κ1) is 16.5. The Morgan fingerprint density at radius 1 is 1.40 bits per heavy atom. The summed E-state index contributed by atoms with van der Waals surface area (Å²) in [6.45, 7) is 14.6. The molecule has 0 bridgehead atoms. The van der Waals surface area contributed by atoms with Gasteiger partial charge in [-0.3, -0.25) is 0 Å². The fraction of sp³-hybridized carbons (Fsp3) is 0.500. The highest BCUT2D eigenvalue weighted by Gasteiger charge is 2.38. The molecule has 1 N–H and O–H groups in total. The van der Waals surface area contributed by atoms with Crippen LogP contribution >= 0.6 is 0 Å². The molecule has 0 heterocycles. The van der Waals surface area contributed by atoms with Gasteiger partial charge in [-0.15, -0.1) is 6.58 Å². The maximum absolute atomic E-state index is 10.5. The van der Waals surface area contributed by atoms with Gasteiger partial charge in [0.2, 0.25) is 0 Å². The van der Waals surface area contributed by atoms with E-state index in [1.165, 1.54) is 17.2 Å². The van der Waals surface area contributed by atoms with Crippen LogP contribution in [0, 0.1) is 17.3 Å². The van der Waals surface area contributed by atoms with Crippen LogP contribution in [-0.2, 0) is 4.79 Å². The van der Waals surface area contributed by atoms with Gasteiger partial charge in [-0.25, -0.2) is 4.79 Å².